The number of hydrogen-bond donors (Lipinski definition) is 2. The van der Waals surface area contributed by atoms with E-state index in [0.717, 1.165) is 53.5 Å². The Balaban J connectivity index is 1.16. The lowest BCUT2D eigenvalue weighted by atomic mass is 9.91. The van der Waals surface area contributed by atoms with Crippen LogP contribution < -0.4 is 15.5 Å². The molecule has 0 bridgehead atoms. The van der Waals surface area contributed by atoms with Gasteiger partial charge >= 0.3 is 0 Å². The summed E-state index contributed by atoms with van der Waals surface area (Å²) in [6.45, 7) is 2.63. The highest BCUT2D eigenvalue weighted by atomic mass is 35.5. The molecule has 0 aliphatic heterocycles. The van der Waals surface area contributed by atoms with E-state index in [1.54, 1.807) is 0 Å². The van der Waals surface area contributed by atoms with E-state index in [-0.39, 0.29) is 24.2 Å². The van der Waals surface area contributed by atoms with Crippen LogP contribution in [-0.4, -0.2) is 52.9 Å². The summed E-state index contributed by atoms with van der Waals surface area (Å²) in [7, 11) is 4.09. The number of nitrogens with one attached hydrogen (secondary N) is 2. The van der Waals surface area contributed by atoms with Gasteiger partial charge in [0.05, 0.1) is 17.4 Å². The zero-order valence-electron chi connectivity index (χ0n) is 25.1. The predicted molar refractivity (Wildman–Crippen MR) is 178 cm³/mol. The number of carbonyl (C=O) groups is 2. The molecule has 1 heterocycles. The summed E-state index contributed by atoms with van der Waals surface area (Å²) in [4.78, 5) is 28.8. The number of thioether (sulfide) groups is 1. The minimum absolute atomic E-state index is 0.0139. The van der Waals surface area contributed by atoms with E-state index in [1.807, 2.05) is 92.4 Å². The van der Waals surface area contributed by atoms with Gasteiger partial charge in [0, 0.05) is 54.3 Å². The van der Waals surface area contributed by atoms with E-state index >= 15 is 0 Å². The van der Waals surface area contributed by atoms with Gasteiger partial charge in [-0.15, -0.1) is 11.8 Å². The van der Waals surface area contributed by atoms with Crippen LogP contribution >= 0.6 is 23.4 Å². The first-order valence-corrected chi connectivity index (χ1v) is 16.3. The summed E-state index contributed by atoms with van der Waals surface area (Å²) in [6.07, 6.45) is 3.88. The van der Waals surface area contributed by atoms with Crippen LogP contribution in [0.3, 0.4) is 0 Å². The fraction of sp³-hybridized carbons (Fsp3) is 0.382. The van der Waals surface area contributed by atoms with Crippen molar-refractivity contribution in [2.75, 3.05) is 19.0 Å². The fourth-order valence-electron chi connectivity index (χ4n) is 5.63. The van der Waals surface area contributed by atoms with Crippen LogP contribution in [0, 0.1) is 6.92 Å². The minimum atomic E-state index is -0.473. The van der Waals surface area contributed by atoms with Gasteiger partial charge in [-0.25, -0.2) is 4.68 Å². The van der Waals surface area contributed by atoms with E-state index < -0.39 is 5.25 Å². The second kappa shape index (κ2) is 14.4. The maximum absolute atomic E-state index is 13.5. The van der Waals surface area contributed by atoms with Crippen LogP contribution in [0.2, 0.25) is 5.02 Å². The highest BCUT2D eigenvalue weighted by Crippen LogP contribution is 2.27. The highest BCUT2D eigenvalue weighted by molar-refractivity contribution is 7.99. The van der Waals surface area contributed by atoms with E-state index in [0.29, 0.717) is 29.0 Å². The maximum Gasteiger partial charge on any atom is 0.233 e. The number of ketones is 1. The number of rotatable bonds is 12. The smallest absolute Gasteiger partial charge is 0.233 e. The number of aryl methyl sites for hydroxylation is 1. The SMILES string of the molecule is Cc1ccc(C(=O)CC(SCc2ccc(Cl)cc2)C(=O)NC2CCC(NCn3nc4ccccc4c3N(C)C)CC2)cc1. The molecule has 0 radical (unpaired) electrons. The molecule has 3 aromatic carbocycles. The van der Waals surface area contributed by atoms with Crippen molar-refractivity contribution in [1.29, 1.82) is 0 Å². The molecule has 1 fully saturated rings. The topological polar surface area (TPSA) is 79.3 Å². The van der Waals surface area contributed by atoms with Gasteiger partial charge < -0.3 is 10.2 Å². The Hall–Kier alpha value is -3.33. The zero-order valence-corrected chi connectivity index (χ0v) is 26.6. The number of anilines is 1. The number of halogens is 1. The third kappa shape index (κ3) is 8.19. The number of nitrogens with zero attached hydrogens (tertiary/aromatic N) is 3. The molecule has 1 aliphatic rings. The van der Waals surface area contributed by atoms with Gasteiger partial charge in [0.25, 0.3) is 0 Å². The second-order valence-corrected chi connectivity index (χ2v) is 13.2. The van der Waals surface area contributed by atoms with Crippen molar-refractivity contribution in [2.45, 2.75) is 68.8 Å². The summed E-state index contributed by atoms with van der Waals surface area (Å²) < 4.78 is 2.03. The van der Waals surface area contributed by atoms with E-state index in [9.17, 15) is 9.59 Å². The van der Waals surface area contributed by atoms with Gasteiger partial charge in [-0.2, -0.15) is 5.10 Å². The van der Waals surface area contributed by atoms with Crippen molar-refractivity contribution >= 4 is 51.8 Å². The standard InChI is InChI=1S/C34H40ClN5O2S/c1-23-8-12-25(13-9-23)31(41)20-32(43-21-24-10-14-26(35)15-11-24)33(42)37-28-18-16-27(17-19-28)36-22-40-34(39(2)3)29-6-4-5-7-30(29)38-40/h4-15,27-28,32,36H,16-22H2,1-3H3,(H,37,42). The molecule has 9 heteroatoms. The quantitative estimate of drug-likeness (QED) is 0.174. The molecule has 2 N–H and O–H groups in total. The zero-order chi connectivity index (χ0) is 30.3. The Morgan fingerprint density at radius 3 is 2.35 bits per heavy atom. The lowest BCUT2D eigenvalue weighted by Gasteiger charge is -2.31. The summed E-state index contributed by atoms with van der Waals surface area (Å²) >= 11 is 7.56. The van der Waals surface area contributed by atoms with Gasteiger partial charge in [-0.05, 0) is 62.4 Å². The molecule has 4 aromatic rings. The normalized spacial score (nSPS) is 17.5. The molecule has 1 aliphatic carbocycles. The monoisotopic (exact) mass is 617 g/mol. The Morgan fingerprint density at radius 2 is 1.65 bits per heavy atom. The van der Waals surface area contributed by atoms with Gasteiger partial charge in [0.15, 0.2) is 5.78 Å². The first kappa shape index (κ1) is 31.1. The van der Waals surface area contributed by atoms with Crippen molar-refractivity contribution in [3.05, 3.63) is 94.5 Å². The molecule has 0 saturated heterocycles. The summed E-state index contributed by atoms with van der Waals surface area (Å²) in [5, 5.41) is 13.1. The Bertz CT molecular complexity index is 1530. The second-order valence-electron chi connectivity index (χ2n) is 11.6. The van der Waals surface area contributed by atoms with Crippen LogP contribution in [0.5, 0.6) is 0 Å². The van der Waals surface area contributed by atoms with Gasteiger partial charge in [0.1, 0.15) is 5.82 Å². The van der Waals surface area contributed by atoms with Crippen molar-refractivity contribution in [1.82, 2.24) is 20.4 Å². The molecular weight excluding hydrogens is 578 g/mol. The molecule has 5 rings (SSSR count). The first-order chi connectivity index (χ1) is 20.8. The molecule has 1 amide bonds. The molecule has 1 atom stereocenters. The van der Waals surface area contributed by atoms with Crippen LogP contribution in [0.15, 0.2) is 72.8 Å². The predicted octanol–water partition coefficient (Wildman–Crippen LogP) is 6.61. The van der Waals surface area contributed by atoms with E-state index in [2.05, 4.69) is 21.6 Å². The van der Waals surface area contributed by atoms with Crippen molar-refractivity contribution in [3.63, 3.8) is 0 Å². The lowest BCUT2D eigenvalue weighted by Crippen LogP contribution is -2.45. The molecule has 7 nitrogen and oxygen atoms in total. The number of Topliss-reactive ketones (excluding diaryl/α,β-unsaturated/α-hetero) is 1. The van der Waals surface area contributed by atoms with Gasteiger partial charge in [-0.3, -0.25) is 14.9 Å². The average Bonchev–Trinajstić information content (AvgIpc) is 3.38. The highest BCUT2D eigenvalue weighted by Gasteiger charge is 2.28. The largest absolute Gasteiger partial charge is 0.362 e. The third-order valence-electron chi connectivity index (χ3n) is 8.05. The van der Waals surface area contributed by atoms with Crippen LogP contribution in [-0.2, 0) is 17.2 Å². The lowest BCUT2D eigenvalue weighted by molar-refractivity contribution is -0.121. The number of fused-ring (bicyclic) bond motifs is 1. The maximum atomic E-state index is 13.5. The Morgan fingerprint density at radius 1 is 0.977 bits per heavy atom. The first-order valence-electron chi connectivity index (χ1n) is 14.9. The molecule has 1 unspecified atom stereocenters. The molecule has 1 aromatic heterocycles. The summed E-state index contributed by atoms with van der Waals surface area (Å²) in [5.74, 6) is 1.64. The minimum Gasteiger partial charge on any atom is -0.362 e. The number of amides is 1. The summed E-state index contributed by atoms with van der Waals surface area (Å²) in [5.41, 5.74) is 3.81. The molecule has 1 saturated carbocycles. The van der Waals surface area contributed by atoms with Crippen molar-refractivity contribution in [2.24, 2.45) is 0 Å². The number of aromatic nitrogens is 2. The number of benzene rings is 3. The van der Waals surface area contributed by atoms with Crippen molar-refractivity contribution < 1.29 is 9.59 Å². The molecule has 43 heavy (non-hydrogen) atoms. The molecule has 0 spiro atoms. The summed E-state index contributed by atoms with van der Waals surface area (Å²) in [6, 6.07) is 23.9. The van der Waals surface area contributed by atoms with Crippen LogP contribution in [0.25, 0.3) is 10.9 Å². The van der Waals surface area contributed by atoms with Crippen molar-refractivity contribution in [3.8, 4) is 0 Å². The van der Waals surface area contributed by atoms with Crippen LogP contribution in [0.1, 0.15) is 53.6 Å². The van der Waals surface area contributed by atoms with Gasteiger partial charge in [-0.1, -0.05) is 65.7 Å². The Kier molecular flexibility index (Phi) is 10.4. The average molecular weight is 618 g/mol. The molecule has 226 valence electrons. The number of hydrogen-bond acceptors (Lipinski definition) is 6. The Labute approximate surface area is 263 Å². The fourth-order valence-corrected chi connectivity index (χ4v) is 6.83. The number of carbonyl (C=O) groups excluding carboxylic acids is 2. The third-order valence-corrected chi connectivity index (χ3v) is 9.58. The van der Waals surface area contributed by atoms with Gasteiger partial charge in [0.2, 0.25) is 5.91 Å². The van der Waals surface area contributed by atoms with Crippen LogP contribution in [0.4, 0.5) is 5.82 Å². The molecular formula is C34H40ClN5O2S. The van der Waals surface area contributed by atoms with E-state index in [1.165, 1.54) is 11.8 Å². The van der Waals surface area contributed by atoms with E-state index in [4.69, 9.17) is 16.7 Å².